The zero-order valence-corrected chi connectivity index (χ0v) is 15.1. The number of rotatable bonds is 4. The topological polar surface area (TPSA) is 37.8 Å². The van der Waals surface area contributed by atoms with Crippen LogP contribution in [-0.4, -0.2) is 23.1 Å². The molecule has 6 heteroatoms. The second kappa shape index (κ2) is 7.52. The Morgan fingerprint density at radius 1 is 1.32 bits per heavy atom. The van der Waals surface area contributed by atoms with Crippen LogP contribution in [-0.2, 0) is 0 Å². The van der Waals surface area contributed by atoms with Crippen molar-refractivity contribution in [3.8, 4) is 0 Å². The Morgan fingerprint density at radius 2 is 2.23 bits per heavy atom. The maximum absolute atomic E-state index is 12.9. The van der Waals surface area contributed by atoms with E-state index in [1.54, 1.807) is 12.3 Å². The van der Waals surface area contributed by atoms with Crippen LogP contribution >= 0.6 is 11.8 Å². The Balaban J connectivity index is 1.94. The molecule has 1 N–H and O–H groups in total. The van der Waals surface area contributed by atoms with E-state index in [1.807, 2.05) is 0 Å². The Kier molecular flexibility index (Phi) is 5.43. The van der Waals surface area contributed by atoms with Gasteiger partial charge in [0.05, 0.1) is 0 Å². The van der Waals surface area contributed by atoms with Gasteiger partial charge >= 0.3 is 145 Å². The minimum absolute atomic E-state index is 0.534. The van der Waals surface area contributed by atoms with E-state index in [0.717, 1.165) is 24.4 Å². The van der Waals surface area contributed by atoms with Crippen molar-refractivity contribution in [2.45, 2.75) is 23.4 Å². The third-order valence-electron chi connectivity index (χ3n) is 3.42. The monoisotopic (exact) mass is 428 g/mol. The Bertz CT molecular complexity index is 706. The van der Waals surface area contributed by atoms with Gasteiger partial charge in [-0.05, 0) is 0 Å². The molecule has 0 radical (unpaired) electrons. The molecule has 3 nitrogen and oxygen atoms in total. The van der Waals surface area contributed by atoms with Crippen LogP contribution in [0.1, 0.15) is 17.5 Å². The molecule has 1 aliphatic rings. The van der Waals surface area contributed by atoms with Gasteiger partial charge in [-0.3, -0.25) is 0 Å². The molecule has 0 saturated heterocycles. The Hall–Kier alpha value is -0.990. The average molecular weight is 428 g/mol. The van der Waals surface area contributed by atoms with Crippen molar-refractivity contribution in [1.82, 2.24) is 15.3 Å². The average Bonchev–Trinajstić information content (AvgIpc) is 2.56. The second-order valence-corrected chi connectivity index (χ2v) is 7.54. The zero-order valence-electron chi connectivity index (χ0n) is 12.1. The van der Waals surface area contributed by atoms with Crippen LogP contribution in [0.25, 0.3) is 5.57 Å². The van der Waals surface area contributed by atoms with E-state index in [4.69, 9.17) is 0 Å². The van der Waals surface area contributed by atoms with Gasteiger partial charge in [0.1, 0.15) is 0 Å². The van der Waals surface area contributed by atoms with Gasteiger partial charge < -0.3 is 0 Å². The predicted octanol–water partition coefficient (Wildman–Crippen LogP) is 0.456. The van der Waals surface area contributed by atoms with Crippen LogP contribution in [0, 0.1) is 10.6 Å². The molecule has 1 aliphatic heterocycles. The van der Waals surface area contributed by atoms with Gasteiger partial charge in [-0.2, -0.15) is 0 Å². The van der Waals surface area contributed by atoms with Crippen molar-refractivity contribution in [3.63, 3.8) is 0 Å². The number of aryl methyl sites for hydroxylation is 1. The summed E-state index contributed by atoms with van der Waals surface area (Å²) in [4.78, 5) is 9.71. The molecule has 1 aromatic heterocycles. The molecule has 0 aliphatic carbocycles. The van der Waals surface area contributed by atoms with Crippen LogP contribution in [0.4, 0.5) is 2.86 Å². The van der Waals surface area contributed by atoms with Crippen LogP contribution < -0.4 is 27.1 Å². The summed E-state index contributed by atoms with van der Waals surface area (Å²) in [6.07, 6.45) is 4.90. The normalized spacial score (nSPS) is 14.9. The molecule has 0 bridgehead atoms. The molecule has 116 valence electrons. The van der Waals surface area contributed by atoms with Gasteiger partial charge in [0, 0.05) is 0 Å². The molecule has 0 unspecified atom stereocenters. The fraction of sp³-hybridized carbons (Fsp3) is 0.250. The summed E-state index contributed by atoms with van der Waals surface area (Å²) < 4.78 is 13.4. The summed E-state index contributed by atoms with van der Waals surface area (Å²) in [6, 6.07) is 8.11. The summed E-state index contributed by atoms with van der Waals surface area (Å²) in [6.45, 7) is 3.99. The van der Waals surface area contributed by atoms with Crippen molar-refractivity contribution >= 4 is 17.3 Å². The summed E-state index contributed by atoms with van der Waals surface area (Å²) in [5.41, 5.74) is 3.80. The van der Waals surface area contributed by atoms with Gasteiger partial charge in [-0.1, -0.05) is 0 Å². The van der Waals surface area contributed by atoms with Crippen LogP contribution in [0.5, 0.6) is 0 Å². The third-order valence-corrected chi connectivity index (χ3v) is 5.38. The van der Waals surface area contributed by atoms with Crippen molar-refractivity contribution in [1.29, 1.82) is 0 Å². The van der Waals surface area contributed by atoms with E-state index in [1.165, 1.54) is 28.5 Å². The van der Waals surface area contributed by atoms with E-state index < -0.39 is 21.8 Å². The van der Waals surface area contributed by atoms with Gasteiger partial charge in [-0.25, -0.2) is 0 Å². The SMILES string of the molecule is Cc1ccc(C2=CCNCC2)c(Sc2nccc([I-]F)n2)c1. The van der Waals surface area contributed by atoms with E-state index in [2.05, 4.69) is 46.5 Å². The van der Waals surface area contributed by atoms with Crippen molar-refractivity contribution < 1.29 is 24.6 Å². The summed E-state index contributed by atoms with van der Waals surface area (Å²) in [5.74, 6) is 0. The number of hydrogen-bond donors (Lipinski definition) is 1. The molecule has 1 aromatic carbocycles. The fourth-order valence-corrected chi connectivity index (χ4v) is 4.14. The molecule has 0 saturated carbocycles. The maximum atomic E-state index is 12.9. The van der Waals surface area contributed by atoms with Crippen molar-refractivity contribution in [2.24, 2.45) is 0 Å². The van der Waals surface area contributed by atoms with E-state index in [-0.39, 0.29) is 0 Å². The molecule has 22 heavy (non-hydrogen) atoms. The first-order valence-corrected chi connectivity index (χ1v) is 9.75. The molecule has 3 rings (SSSR count). The number of halogens is 2. The zero-order chi connectivity index (χ0) is 15.4. The quantitative estimate of drug-likeness (QED) is 0.436. The molecular weight excluding hydrogens is 412 g/mol. The van der Waals surface area contributed by atoms with Crippen molar-refractivity contribution in [2.75, 3.05) is 13.1 Å². The first kappa shape index (κ1) is 15.9. The number of nitrogens with one attached hydrogen (secondary N) is 1. The molecule has 2 heterocycles. The van der Waals surface area contributed by atoms with Crippen LogP contribution in [0.15, 0.2) is 46.6 Å². The molecule has 0 atom stereocenters. The van der Waals surface area contributed by atoms with E-state index in [0.29, 0.717) is 8.86 Å². The molecular formula is C16H16FIN3S-. The standard InChI is InChI=1S/C16H16FIN3S/c1-11-2-3-13(12-4-7-19-8-5-12)14(10-11)22-16-20-9-6-15(18-17)21-16/h2-4,6,9-10,19H,5,7-8H2,1H3/q-1. The van der Waals surface area contributed by atoms with Crippen LogP contribution in [0.2, 0.25) is 0 Å². The van der Waals surface area contributed by atoms with E-state index >= 15 is 0 Å². The fourth-order valence-electron chi connectivity index (χ4n) is 2.35. The van der Waals surface area contributed by atoms with Crippen LogP contribution in [0.3, 0.4) is 0 Å². The molecule has 2 aromatic rings. The van der Waals surface area contributed by atoms with Crippen molar-refractivity contribution in [3.05, 3.63) is 51.4 Å². The van der Waals surface area contributed by atoms with Gasteiger partial charge in [0.25, 0.3) is 0 Å². The number of aromatic nitrogens is 2. The van der Waals surface area contributed by atoms with Gasteiger partial charge in [0.2, 0.25) is 0 Å². The summed E-state index contributed by atoms with van der Waals surface area (Å²) >= 11 is 0.0242. The molecule has 0 spiro atoms. The predicted molar refractivity (Wildman–Crippen MR) is 82.6 cm³/mol. The number of nitrogens with zero attached hydrogens (tertiary/aromatic N) is 2. The number of benzene rings is 1. The molecule has 0 amide bonds. The summed E-state index contributed by atoms with van der Waals surface area (Å²) in [5, 5.41) is 3.96. The van der Waals surface area contributed by atoms with E-state index in [9.17, 15) is 2.86 Å². The van der Waals surface area contributed by atoms with Gasteiger partial charge in [-0.15, -0.1) is 0 Å². The first-order chi connectivity index (χ1) is 10.8. The molecule has 0 fully saturated rings. The Morgan fingerprint density at radius 3 is 3.00 bits per heavy atom. The first-order valence-electron chi connectivity index (χ1n) is 7.04. The summed E-state index contributed by atoms with van der Waals surface area (Å²) in [7, 11) is 0. The minimum atomic E-state index is -1.49. The second-order valence-electron chi connectivity index (χ2n) is 5.02. The van der Waals surface area contributed by atoms with Gasteiger partial charge in [0.15, 0.2) is 0 Å². The Labute approximate surface area is 144 Å². The third kappa shape index (κ3) is 3.85. The number of hydrogen-bond acceptors (Lipinski definition) is 4.